The molecule has 0 radical (unpaired) electrons. The lowest BCUT2D eigenvalue weighted by Crippen LogP contribution is -2.60. The lowest BCUT2D eigenvalue weighted by molar-refractivity contribution is -0.316. The molecule has 6 heteroatoms. The Bertz CT molecular complexity index is 892. The van der Waals surface area contributed by atoms with Gasteiger partial charge in [0.15, 0.2) is 6.29 Å². The minimum atomic E-state index is -0.970. The summed E-state index contributed by atoms with van der Waals surface area (Å²) in [5.74, 6) is 1.18. The molecule has 1 saturated heterocycles. The van der Waals surface area contributed by atoms with Gasteiger partial charge in [-0.2, -0.15) is 0 Å². The van der Waals surface area contributed by atoms with Crippen molar-refractivity contribution in [2.75, 3.05) is 13.7 Å². The van der Waals surface area contributed by atoms with Gasteiger partial charge in [-0.3, -0.25) is 0 Å². The van der Waals surface area contributed by atoms with E-state index in [-0.39, 0.29) is 11.5 Å². The van der Waals surface area contributed by atoms with Crippen LogP contribution in [0.3, 0.4) is 0 Å². The molecule has 37 heavy (non-hydrogen) atoms. The summed E-state index contributed by atoms with van der Waals surface area (Å²) in [7, 11) is 1.65. The summed E-state index contributed by atoms with van der Waals surface area (Å²) >= 11 is 0. The molecule has 206 valence electrons. The number of methoxy groups -OCH3 is 1. The number of ether oxygens (including phenoxy) is 5. The average molecular weight is 515 g/mol. The molecule has 1 aliphatic heterocycles. The summed E-state index contributed by atoms with van der Waals surface area (Å²) < 4.78 is 30.5. The van der Waals surface area contributed by atoms with Crippen LogP contribution < -0.4 is 4.74 Å². The molecule has 1 fully saturated rings. The number of aliphatic hydroxyl groups is 1. The number of hydrogen-bond acceptors (Lipinski definition) is 6. The third-order valence-electron chi connectivity index (χ3n) is 6.56. The van der Waals surface area contributed by atoms with Crippen molar-refractivity contribution in [2.24, 2.45) is 11.3 Å². The summed E-state index contributed by atoms with van der Waals surface area (Å²) in [5.41, 5.74) is 2.27. The predicted molar refractivity (Wildman–Crippen MR) is 145 cm³/mol. The van der Waals surface area contributed by atoms with Gasteiger partial charge in [-0.15, -0.1) is 0 Å². The Morgan fingerprint density at radius 2 is 1.51 bits per heavy atom. The molecule has 3 rings (SSSR count). The van der Waals surface area contributed by atoms with Gasteiger partial charge < -0.3 is 28.8 Å². The van der Waals surface area contributed by atoms with Crippen molar-refractivity contribution < 1.29 is 28.8 Å². The van der Waals surface area contributed by atoms with E-state index in [1.807, 2.05) is 54.6 Å². The predicted octanol–water partition coefficient (Wildman–Crippen LogP) is 6.14. The zero-order valence-corrected chi connectivity index (χ0v) is 23.4. The van der Waals surface area contributed by atoms with Gasteiger partial charge in [0, 0.05) is 6.61 Å². The van der Waals surface area contributed by atoms with E-state index in [0.717, 1.165) is 36.1 Å². The minimum Gasteiger partial charge on any atom is -0.497 e. The van der Waals surface area contributed by atoms with Crippen LogP contribution in [0.5, 0.6) is 5.75 Å². The van der Waals surface area contributed by atoms with E-state index in [1.165, 1.54) is 0 Å². The third kappa shape index (κ3) is 9.69. The van der Waals surface area contributed by atoms with E-state index in [2.05, 4.69) is 34.6 Å². The smallest absolute Gasteiger partial charge is 0.186 e. The van der Waals surface area contributed by atoms with Crippen LogP contribution in [-0.4, -0.2) is 49.5 Å². The van der Waals surface area contributed by atoms with Crippen LogP contribution in [0.2, 0.25) is 0 Å². The second kappa shape index (κ2) is 14.3. The first-order valence-electron chi connectivity index (χ1n) is 13.5. The summed E-state index contributed by atoms with van der Waals surface area (Å²) in [4.78, 5) is 0. The molecular weight excluding hydrogens is 468 g/mol. The fourth-order valence-corrected chi connectivity index (χ4v) is 4.57. The maximum Gasteiger partial charge on any atom is 0.186 e. The first-order chi connectivity index (χ1) is 17.7. The van der Waals surface area contributed by atoms with E-state index >= 15 is 0 Å². The molecule has 0 amide bonds. The highest BCUT2D eigenvalue weighted by atomic mass is 16.7. The number of aliphatic hydroxyl groups excluding tert-OH is 1. The lowest BCUT2D eigenvalue weighted by atomic mass is 9.90. The van der Waals surface area contributed by atoms with Gasteiger partial charge in [0.2, 0.25) is 0 Å². The molecule has 2 aromatic rings. The molecule has 0 aliphatic carbocycles. The first-order valence-corrected chi connectivity index (χ1v) is 13.5. The fourth-order valence-electron chi connectivity index (χ4n) is 4.57. The first kappa shape index (κ1) is 29.6. The highest BCUT2D eigenvalue weighted by Crippen LogP contribution is 2.32. The van der Waals surface area contributed by atoms with Crippen molar-refractivity contribution in [2.45, 2.75) is 97.8 Å². The van der Waals surface area contributed by atoms with E-state index in [4.69, 9.17) is 23.7 Å². The Kier molecular flexibility index (Phi) is 11.4. The van der Waals surface area contributed by atoms with Gasteiger partial charge in [-0.25, -0.2) is 0 Å². The molecule has 1 aliphatic rings. The Morgan fingerprint density at radius 1 is 0.865 bits per heavy atom. The van der Waals surface area contributed by atoms with Gasteiger partial charge in [-0.05, 0) is 53.9 Å². The molecular formula is C31H46O6. The standard InChI is InChI=1S/C31H46O6/c1-22(2)19-26-28(35-20-24-13-15-25(33-6)16-14-24)29(34-18-10-17-31(3,4)5)27(32)30(37-26)36-21-23-11-8-7-9-12-23/h7-9,11-16,22,26-30,32H,10,17-21H2,1-6H3/t26-,27-,28-,29-,30+/m1/s1. The largest absolute Gasteiger partial charge is 0.497 e. The Balaban J connectivity index is 1.75. The molecule has 1 N–H and O–H groups in total. The lowest BCUT2D eigenvalue weighted by Gasteiger charge is -2.45. The van der Waals surface area contributed by atoms with Crippen molar-refractivity contribution in [3.8, 4) is 5.75 Å². The van der Waals surface area contributed by atoms with E-state index < -0.39 is 24.6 Å². The van der Waals surface area contributed by atoms with Crippen LogP contribution in [0.15, 0.2) is 54.6 Å². The summed E-state index contributed by atoms with van der Waals surface area (Å²) in [6.45, 7) is 12.3. The van der Waals surface area contributed by atoms with Crippen LogP contribution >= 0.6 is 0 Å². The van der Waals surface area contributed by atoms with Crippen LogP contribution in [0.25, 0.3) is 0 Å². The van der Waals surface area contributed by atoms with Crippen molar-refractivity contribution in [3.63, 3.8) is 0 Å². The monoisotopic (exact) mass is 514 g/mol. The number of hydrogen-bond donors (Lipinski definition) is 1. The topological polar surface area (TPSA) is 66.4 Å². The SMILES string of the molecule is COc1ccc(CO[C@H]2[C@H](OCCCC(C)(C)C)[C@@H](O)[C@@H](OCc3ccccc3)O[C@@H]2CC(C)C)cc1. The number of benzene rings is 2. The zero-order chi connectivity index (χ0) is 26.8. The van der Waals surface area contributed by atoms with Gasteiger partial charge in [-0.1, -0.05) is 77.1 Å². The molecule has 0 bridgehead atoms. The van der Waals surface area contributed by atoms with E-state index in [1.54, 1.807) is 7.11 Å². The van der Waals surface area contributed by atoms with Crippen LogP contribution in [0.4, 0.5) is 0 Å². The van der Waals surface area contributed by atoms with Crippen LogP contribution in [0, 0.1) is 11.3 Å². The highest BCUT2D eigenvalue weighted by molar-refractivity contribution is 5.26. The van der Waals surface area contributed by atoms with Crippen LogP contribution in [0.1, 0.15) is 65.0 Å². The molecule has 0 unspecified atom stereocenters. The molecule has 0 aromatic heterocycles. The average Bonchev–Trinajstić information content (AvgIpc) is 2.86. The van der Waals surface area contributed by atoms with E-state index in [9.17, 15) is 5.11 Å². The van der Waals surface area contributed by atoms with Crippen molar-refractivity contribution in [1.82, 2.24) is 0 Å². The molecule has 1 heterocycles. The summed E-state index contributed by atoms with van der Waals surface area (Å²) in [6.07, 6.45) is -0.305. The van der Waals surface area contributed by atoms with Crippen molar-refractivity contribution in [3.05, 3.63) is 65.7 Å². The summed E-state index contributed by atoms with van der Waals surface area (Å²) in [6, 6.07) is 17.7. The van der Waals surface area contributed by atoms with Crippen molar-refractivity contribution >= 4 is 0 Å². The highest BCUT2D eigenvalue weighted by Gasteiger charge is 2.47. The molecule has 6 nitrogen and oxygen atoms in total. The maximum atomic E-state index is 11.4. The maximum absolute atomic E-state index is 11.4. The quantitative estimate of drug-likeness (QED) is 0.324. The normalized spacial score (nSPS) is 24.4. The van der Waals surface area contributed by atoms with Crippen LogP contribution in [-0.2, 0) is 32.2 Å². The Morgan fingerprint density at radius 3 is 2.14 bits per heavy atom. The minimum absolute atomic E-state index is 0.226. The fraction of sp³-hybridized carbons (Fsp3) is 0.613. The second-order valence-electron chi connectivity index (χ2n) is 11.6. The third-order valence-corrected chi connectivity index (χ3v) is 6.56. The Labute approximate surface area is 223 Å². The number of rotatable bonds is 13. The Hall–Kier alpha value is -1.96. The zero-order valence-electron chi connectivity index (χ0n) is 23.4. The summed E-state index contributed by atoms with van der Waals surface area (Å²) in [5, 5.41) is 11.4. The van der Waals surface area contributed by atoms with Gasteiger partial charge in [0.05, 0.1) is 26.4 Å². The van der Waals surface area contributed by atoms with Gasteiger partial charge >= 0.3 is 0 Å². The second-order valence-corrected chi connectivity index (χ2v) is 11.6. The van der Waals surface area contributed by atoms with Crippen molar-refractivity contribution in [1.29, 1.82) is 0 Å². The van der Waals surface area contributed by atoms with E-state index in [0.29, 0.717) is 25.7 Å². The molecule has 2 aromatic carbocycles. The van der Waals surface area contributed by atoms with Gasteiger partial charge in [0.1, 0.15) is 24.1 Å². The molecule has 0 spiro atoms. The van der Waals surface area contributed by atoms with Gasteiger partial charge in [0.25, 0.3) is 0 Å². The molecule has 0 saturated carbocycles. The molecule has 5 atom stereocenters.